The first-order valence-corrected chi connectivity index (χ1v) is 9.89. The molecule has 2 rings (SSSR count). The molecule has 0 aliphatic rings. The zero-order valence-corrected chi connectivity index (χ0v) is 18.3. The van der Waals surface area contributed by atoms with E-state index in [0.717, 1.165) is 11.1 Å². The lowest BCUT2D eigenvalue weighted by Gasteiger charge is -2.13. The van der Waals surface area contributed by atoms with E-state index in [1.807, 2.05) is 45.0 Å². The van der Waals surface area contributed by atoms with Crippen molar-refractivity contribution in [1.82, 2.24) is 0 Å². The minimum absolute atomic E-state index is 0.0205. The van der Waals surface area contributed by atoms with Gasteiger partial charge in [0.1, 0.15) is 18.2 Å². The number of carbonyl (C=O) groups is 1. The molecule has 0 heterocycles. The van der Waals surface area contributed by atoms with E-state index in [-0.39, 0.29) is 5.57 Å². The Morgan fingerprint density at radius 2 is 1.97 bits per heavy atom. The van der Waals surface area contributed by atoms with Crippen molar-refractivity contribution in [2.24, 2.45) is 0 Å². The van der Waals surface area contributed by atoms with Crippen LogP contribution in [0.2, 0.25) is 0 Å². The number of carbonyl (C=O) groups excluding carboxylic acids is 1. The highest BCUT2D eigenvalue weighted by Crippen LogP contribution is 2.35. The summed E-state index contributed by atoms with van der Waals surface area (Å²) in [5.41, 5.74) is 3.31. The van der Waals surface area contributed by atoms with Crippen molar-refractivity contribution in [3.05, 3.63) is 69.7 Å². The molecule has 5 nitrogen and oxygen atoms in total. The molecule has 0 unspecified atom stereocenters. The number of ether oxygens (including phenoxy) is 2. The fraction of sp³-hybridized carbons (Fsp3) is 0.217. The van der Waals surface area contributed by atoms with Gasteiger partial charge in [0.2, 0.25) is 0 Å². The lowest BCUT2D eigenvalue weighted by Crippen LogP contribution is -2.14. The minimum Gasteiger partial charge on any atom is -0.490 e. The number of halogens is 1. The minimum atomic E-state index is -0.476. The third-order valence-corrected chi connectivity index (χ3v) is 4.70. The predicted molar refractivity (Wildman–Crippen MR) is 119 cm³/mol. The third-order valence-electron chi connectivity index (χ3n) is 4.01. The number of aryl methyl sites for hydroxylation is 2. The first-order valence-electron chi connectivity index (χ1n) is 9.10. The summed E-state index contributed by atoms with van der Waals surface area (Å²) >= 11 is 3.47. The highest BCUT2D eigenvalue weighted by atomic mass is 79.9. The van der Waals surface area contributed by atoms with Gasteiger partial charge in [-0.25, -0.2) is 0 Å². The van der Waals surface area contributed by atoms with E-state index >= 15 is 0 Å². The number of nitrogens with one attached hydrogen (secondary N) is 1. The van der Waals surface area contributed by atoms with Crippen LogP contribution in [0.4, 0.5) is 5.69 Å². The Morgan fingerprint density at radius 3 is 2.59 bits per heavy atom. The van der Waals surface area contributed by atoms with Crippen LogP contribution in [0, 0.1) is 25.2 Å². The molecule has 0 bridgehead atoms. The number of benzene rings is 2. The lowest BCUT2D eigenvalue weighted by atomic mass is 10.1. The Hall–Kier alpha value is -3.04. The van der Waals surface area contributed by atoms with Crippen molar-refractivity contribution < 1.29 is 14.3 Å². The van der Waals surface area contributed by atoms with Gasteiger partial charge in [0, 0.05) is 10.2 Å². The van der Waals surface area contributed by atoms with Crippen molar-refractivity contribution in [1.29, 1.82) is 5.26 Å². The van der Waals surface area contributed by atoms with E-state index in [2.05, 4.69) is 27.8 Å². The molecule has 150 valence electrons. The molecule has 6 heteroatoms. The van der Waals surface area contributed by atoms with E-state index in [1.165, 1.54) is 6.08 Å². The highest BCUT2D eigenvalue weighted by Gasteiger charge is 2.14. The van der Waals surface area contributed by atoms with Crippen LogP contribution in [-0.4, -0.2) is 19.1 Å². The van der Waals surface area contributed by atoms with Crippen molar-refractivity contribution in [3.63, 3.8) is 0 Å². The van der Waals surface area contributed by atoms with E-state index in [0.29, 0.717) is 40.4 Å². The van der Waals surface area contributed by atoms with Crippen LogP contribution in [0.15, 0.2) is 53.0 Å². The largest absolute Gasteiger partial charge is 0.490 e. The molecule has 29 heavy (non-hydrogen) atoms. The standard InChI is InChI=1S/C23H23BrN2O3/c1-5-9-29-22-13-19(24)17(12-21(22)28-6-2)11-18(14-25)23(27)26-20-8-7-15(3)10-16(20)4/h5,7-8,10-13H,1,6,9H2,2-4H3,(H,26,27)/b18-11+. The number of hydrogen-bond donors (Lipinski definition) is 1. The summed E-state index contributed by atoms with van der Waals surface area (Å²) in [6.45, 7) is 10.2. The van der Waals surface area contributed by atoms with Gasteiger partial charge in [-0.15, -0.1) is 0 Å². The maximum atomic E-state index is 12.6. The molecule has 0 spiro atoms. The number of nitriles is 1. The third kappa shape index (κ3) is 5.97. The van der Waals surface area contributed by atoms with Crippen LogP contribution >= 0.6 is 15.9 Å². The highest BCUT2D eigenvalue weighted by molar-refractivity contribution is 9.10. The Morgan fingerprint density at radius 1 is 1.24 bits per heavy atom. The van der Waals surface area contributed by atoms with Gasteiger partial charge in [0.05, 0.1) is 6.61 Å². The van der Waals surface area contributed by atoms with Gasteiger partial charge in [-0.1, -0.05) is 46.3 Å². The molecule has 1 amide bonds. The molecule has 0 radical (unpaired) electrons. The fourth-order valence-electron chi connectivity index (χ4n) is 2.64. The van der Waals surface area contributed by atoms with Crippen LogP contribution in [0.25, 0.3) is 6.08 Å². The molecule has 0 aliphatic heterocycles. The van der Waals surface area contributed by atoms with Gasteiger partial charge in [-0.05, 0) is 56.2 Å². The second-order valence-corrected chi connectivity index (χ2v) is 7.15. The van der Waals surface area contributed by atoms with Gasteiger partial charge in [0.25, 0.3) is 5.91 Å². The molecule has 2 aromatic rings. The quantitative estimate of drug-likeness (QED) is 0.321. The molecule has 1 N–H and O–H groups in total. The average Bonchev–Trinajstić information content (AvgIpc) is 2.69. The van der Waals surface area contributed by atoms with Crippen molar-refractivity contribution in [3.8, 4) is 17.6 Å². The van der Waals surface area contributed by atoms with Gasteiger partial charge >= 0.3 is 0 Å². The predicted octanol–water partition coefficient (Wildman–Crippen LogP) is 5.58. The van der Waals surface area contributed by atoms with Crippen molar-refractivity contribution in [2.45, 2.75) is 20.8 Å². The first kappa shape index (κ1) is 22.3. The molecule has 0 fully saturated rings. The first-order chi connectivity index (χ1) is 13.9. The van der Waals surface area contributed by atoms with Crippen LogP contribution in [0.3, 0.4) is 0 Å². The molecular weight excluding hydrogens is 432 g/mol. The van der Waals surface area contributed by atoms with E-state index in [9.17, 15) is 10.1 Å². The van der Waals surface area contributed by atoms with Crippen molar-refractivity contribution in [2.75, 3.05) is 18.5 Å². The number of anilines is 1. The maximum absolute atomic E-state index is 12.6. The van der Waals surface area contributed by atoms with E-state index in [1.54, 1.807) is 18.2 Å². The van der Waals surface area contributed by atoms with Crippen LogP contribution in [0.1, 0.15) is 23.6 Å². The molecular formula is C23H23BrN2O3. The Kier molecular flexibility index (Phi) is 8.05. The topological polar surface area (TPSA) is 71.3 Å². The van der Waals surface area contributed by atoms with Crippen molar-refractivity contribution >= 4 is 33.6 Å². The second kappa shape index (κ2) is 10.5. The van der Waals surface area contributed by atoms with Gasteiger partial charge in [-0.3, -0.25) is 4.79 Å². The fourth-order valence-corrected chi connectivity index (χ4v) is 3.08. The summed E-state index contributed by atoms with van der Waals surface area (Å²) in [6, 6.07) is 11.2. The van der Waals surface area contributed by atoms with Crippen LogP contribution in [0.5, 0.6) is 11.5 Å². The summed E-state index contributed by atoms with van der Waals surface area (Å²) in [6.07, 6.45) is 3.16. The summed E-state index contributed by atoms with van der Waals surface area (Å²) in [5, 5.41) is 12.3. The van der Waals surface area contributed by atoms with Gasteiger partial charge < -0.3 is 14.8 Å². The average molecular weight is 455 g/mol. The lowest BCUT2D eigenvalue weighted by molar-refractivity contribution is -0.112. The summed E-state index contributed by atoms with van der Waals surface area (Å²) < 4.78 is 11.9. The number of nitrogens with zero attached hydrogens (tertiary/aromatic N) is 1. The zero-order valence-electron chi connectivity index (χ0n) is 16.7. The van der Waals surface area contributed by atoms with Crippen LogP contribution < -0.4 is 14.8 Å². The molecule has 2 aromatic carbocycles. The second-order valence-electron chi connectivity index (χ2n) is 6.30. The Bertz CT molecular complexity index is 990. The van der Waals surface area contributed by atoms with Gasteiger partial charge in [-0.2, -0.15) is 5.26 Å². The molecule has 0 aliphatic carbocycles. The Labute approximate surface area is 179 Å². The van der Waals surface area contributed by atoms with Crippen LogP contribution in [-0.2, 0) is 4.79 Å². The van der Waals surface area contributed by atoms with E-state index < -0.39 is 5.91 Å². The monoisotopic (exact) mass is 454 g/mol. The summed E-state index contributed by atoms with van der Waals surface area (Å²) in [7, 11) is 0. The smallest absolute Gasteiger partial charge is 0.266 e. The zero-order chi connectivity index (χ0) is 21.4. The van der Waals surface area contributed by atoms with E-state index in [4.69, 9.17) is 9.47 Å². The molecule has 0 atom stereocenters. The number of hydrogen-bond acceptors (Lipinski definition) is 4. The molecule has 0 saturated heterocycles. The molecule has 0 saturated carbocycles. The molecule has 0 aromatic heterocycles. The maximum Gasteiger partial charge on any atom is 0.266 e. The van der Waals surface area contributed by atoms with Gasteiger partial charge in [0.15, 0.2) is 11.5 Å². The summed E-state index contributed by atoms with van der Waals surface area (Å²) in [4.78, 5) is 12.6. The number of rotatable bonds is 8. The normalized spacial score (nSPS) is 10.8. The number of amides is 1. The SMILES string of the molecule is C=CCOc1cc(Br)c(/C=C(\C#N)C(=O)Nc2ccc(C)cc2C)cc1OCC. The summed E-state index contributed by atoms with van der Waals surface area (Å²) in [5.74, 6) is 0.598. The Balaban J connectivity index is 2.35.